The molecule has 0 saturated carbocycles. The smallest absolute Gasteiger partial charge is 0.358 e. The second-order valence-electron chi connectivity index (χ2n) is 10.9. The van der Waals surface area contributed by atoms with Crippen LogP contribution >= 0.6 is 0 Å². The Morgan fingerprint density at radius 2 is 1.65 bits per heavy atom. The van der Waals surface area contributed by atoms with E-state index in [-0.39, 0.29) is 5.92 Å². The van der Waals surface area contributed by atoms with Gasteiger partial charge in [-0.1, -0.05) is 42.5 Å². The minimum atomic E-state index is -4.43. The number of nitrogens with zero attached hydrogens (tertiary/aromatic N) is 4. The van der Waals surface area contributed by atoms with Crippen molar-refractivity contribution in [1.82, 2.24) is 24.8 Å². The zero-order valence-electron chi connectivity index (χ0n) is 23.7. The molecule has 3 aromatic heterocycles. The van der Waals surface area contributed by atoms with E-state index < -0.39 is 11.7 Å². The highest BCUT2D eigenvalue weighted by atomic mass is 19.4. The van der Waals surface area contributed by atoms with Crippen LogP contribution in [0.2, 0.25) is 0 Å². The van der Waals surface area contributed by atoms with Gasteiger partial charge < -0.3 is 15.2 Å². The molecule has 0 atom stereocenters. The normalized spacial score (nSPS) is 14.6. The molecule has 1 saturated heterocycles. The lowest BCUT2D eigenvalue weighted by atomic mass is 9.93. The van der Waals surface area contributed by atoms with E-state index in [4.69, 9.17) is 4.98 Å². The fraction of sp³-hybridized carbons (Fsp3) is 0.265. The summed E-state index contributed by atoms with van der Waals surface area (Å²) in [5.41, 5.74) is 5.24. The number of rotatable bonds is 9. The van der Waals surface area contributed by atoms with Gasteiger partial charge >= 0.3 is 6.18 Å². The molecule has 6 rings (SSSR count). The summed E-state index contributed by atoms with van der Waals surface area (Å²) >= 11 is 0. The first-order valence-corrected chi connectivity index (χ1v) is 14.6. The molecule has 2 N–H and O–H groups in total. The van der Waals surface area contributed by atoms with Gasteiger partial charge in [-0.15, -0.1) is 0 Å². The summed E-state index contributed by atoms with van der Waals surface area (Å²) < 4.78 is 40.9. The van der Waals surface area contributed by atoms with Crippen LogP contribution in [0.25, 0.3) is 22.5 Å². The van der Waals surface area contributed by atoms with Gasteiger partial charge in [-0.25, -0.2) is 9.97 Å². The Balaban J connectivity index is 1.25. The highest BCUT2D eigenvalue weighted by Gasteiger charge is 2.31. The number of H-pyrrole nitrogens is 1. The highest BCUT2D eigenvalue weighted by Crippen LogP contribution is 2.39. The van der Waals surface area contributed by atoms with Crippen molar-refractivity contribution in [3.63, 3.8) is 0 Å². The minimum Gasteiger partial charge on any atom is -0.358 e. The average Bonchev–Trinajstić information content (AvgIpc) is 3.50. The molecule has 0 spiro atoms. The zero-order chi connectivity index (χ0) is 29.6. The lowest BCUT2D eigenvalue weighted by molar-refractivity contribution is -0.137. The first kappa shape index (κ1) is 28.6. The van der Waals surface area contributed by atoms with Gasteiger partial charge in [-0.2, -0.15) is 13.2 Å². The Labute approximate surface area is 249 Å². The Bertz CT molecular complexity index is 1630. The third-order valence-corrected chi connectivity index (χ3v) is 8.04. The number of hydrogen-bond donors (Lipinski definition) is 2. The van der Waals surface area contributed by atoms with Gasteiger partial charge in [0.2, 0.25) is 5.95 Å². The largest absolute Gasteiger partial charge is 0.416 e. The maximum absolute atomic E-state index is 13.6. The Morgan fingerprint density at radius 3 is 2.42 bits per heavy atom. The molecule has 43 heavy (non-hydrogen) atoms. The topological polar surface area (TPSA) is 69.7 Å². The highest BCUT2D eigenvalue weighted by molar-refractivity contribution is 5.81. The molecule has 5 aromatic rings. The molecule has 4 heterocycles. The van der Waals surface area contributed by atoms with E-state index in [1.165, 1.54) is 17.7 Å². The SMILES string of the molecule is FC(F)(F)c1cccc(-c2[nH]c(C3CCN(CCc4ccncc4)CC3)cc2-c2ccnc(NCc3ccccc3)n2)c1. The maximum Gasteiger partial charge on any atom is 0.416 e. The van der Waals surface area contributed by atoms with Gasteiger partial charge in [0.05, 0.1) is 17.0 Å². The number of nitrogens with one attached hydrogen (secondary N) is 2. The van der Waals surface area contributed by atoms with Gasteiger partial charge in [0.1, 0.15) is 0 Å². The molecule has 1 aliphatic heterocycles. The molecule has 1 fully saturated rings. The maximum atomic E-state index is 13.6. The number of aromatic amines is 1. The third kappa shape index (κ3) is 7.11. The van der Waals surface area contributed by atoms with E-state index in [0.717, 1.165) is 61.8 Å². The van der Waals surface area contributed by atoms with Gasteiger partial charge in [0.25, 0.3) is 0 Å². The Kier molecular flexibility index (Phi) is 8.51. The quantitative estimate of drug-likeness (QED) is 0.187. The lowest BCUT2D eigenvalue weighted by Gasteiger charge is -2.31. The van der Waals surface area contributed by atoms with Crippen LogP contribution in [0.4, 0.5) is 19.1 Å². The monoisotopic (exact) mass is 582 g/mol. The van der Waals surface area contributed by atoms with Crippen LogP contribution in [-0.4, -0.2) is 44.5 Å². The van der Waals surface area contributed by atoms with Crippen molar-refractivity contribution in [3.8, 4) is 22.5 Å². The molecule has 0 bridgehead atoms. The molecule has 220 valence electrons. The van der Waals surface area contributed by atoms with Crippen LogP contribution in [0, 0.1) is 0 Å². The molecule has 2 aromatic carbocycles. The van der Waals surface area contributed by atoms with E-state index >= 15 is 0 Å². The number of alkyl halides is 3. The van der Waals surface area contributed by atoms with Crippen LogP contribution in [0.3, 0.4) is 0 Å². The fourth-order valence-electron chi connectivity index (χ4n) is 5.65. The summed E-state index contributed by atoms with van der Waals surface area (Å²) in [5.74, 6) is 0.731. The number of anilines is 1. The third-order valence-electron chi connectivity index (χ3n) is 8.04. The average molecular weight is 583 g/mol. The number of likely N-dealkylation sites (tertiary alicyclic amines) is 1. The zero-order valence-corrected chi connectivity index (χ0v) is 23.7. The Hall–Kier alpha value is -4.50. The number of piperidine rings is 1. The second kappa shape index (κ2) is 12.8. The van der Waals surface area contributed by atoms with Crippen LogP contribution in [0.5, 0.6) is 0 Å². The van der Waals surface area contributed by atoms with E-state index in [9.17, 15) is 13.2 Å². The molecular formula is C34H33F3N6. The molecule has 6 nitrogen and oxygen atoms in total. The number of halogens is 3. The van der Waals surface area contributed by atoms with Crippen LogP contribution in [0.1, 0.15) is 41.1 Å². The molecule has 0 amide bonds. The van der Waals surface area contributed by atoms with Gasteiger partial charge in [-0.05, 0) is 85.4 Å². The number of benzene rings is 2. The molecule has 0 aliphatic carbocycles. The first-order chi connectivity index (χ1) is 20.9. The summed E-state index contributed by atoms with van der Waals surface area (Å²) in [7, 11) is 0. The van der Waals surface area contributed by atoms with Crippen molar-refractivity contribution in [2.45, 2.75) is 37.9 Å². The van der Waals surface area contributed by atoms with E-state index in [1.807, 2.05) is 42.7 Å². The van der Waals surface area contributed by atoms with Crippen molar-refractivity contribution in [2.24, 2.45) is 0 Å². The fourth-order valence-corrected chi connectivity index (χ4v) is 5.65. The molecular weight excluding hydrogens is 549 g/mol. The molecule has 0 radical (unpaired) electrons. The van der Waals surface area contributed by atoms with Crippen molar-refractivity contribution < 1.29 is 13.2 Å². The second-order valence-corrected chi connectivity index (χ2v) is 10.9. The van der Waals surface area contributed by atoms with Crippen molar-refractivity contribution in [1.29, 1.82) is 0 Å². The summed E-state index contributed by atoms with van der Waals surface area (Å²) in [5, 5.41) is 3.27. The number of hydrogen-bond acceptors (Lipinski definition) is 5. The summed E-state index contributed by atoms with van der Waals surface area (Å²) in [6.45, 7) is 3.47. The predicted molar refractivity (Wildman–Crippen MR) is 162 cm³/mol. The van der Waals surface area contributed by atoms with Gasteiger partial charge in [-0.3, -0.25) is 4.98 Å². The van der Waals surface area contributed by atoms with Crippen molar-refractivity contribution in [3.05, 3.63) is 120 Å². The van der Waals surface area contributed by atoms with Crippen LogP contribution in [-0.2, 0) is 19.1 Å². The van der Waals surface area contributed by atoms with E-state index in [2.05, 4.69) is 43.4 Å². The minimum absolute atomic E-state index is 0.271. The number of pyridine rings is 1. The van der Waals surface area contributed by atoms with E-state index in [1.54, 1.807) is 18.3 Å². The van der Waals surface area contributed by atoms with Crippen LogP contribution in [0.15, 0.2) is 97.5 Å². The summed E-state index contributed by atoms with van der Waals surface area (Å²) in [4.78, 5) is 19.2. The summed E-state index contributed by atoms with van der Waals surface area (Å²) in [6.07, 6.45) is 3.81. The van der Waals surface area contributed by atoms with Crippen molar-refractivity contribution in [2.75, 3.05) is 25.0 Å². The summed E-state index contributed by atoms with van der Waals surface area (Å²) in [6, 6.07) is 23.4. The predicted octanol–water partition coefficient (Wildman–Crippen LogP) is 7.59. The molecule has 1 aliphatic rings. The Morgan fingerprint density at radius 1 is 0.860 bits per heavy atom. The first-order valence-electron chi connectivity index (χ1n) is 14.6. The van der Waals surface area contributed by atoms with Gasteiger partial charge in [0, 0.05) is 48.9 Å². The molecule has 9 heteroatoms. The van der Waals surface area contributed by atoms with Gasteiger partial charge in [0.15, 0.2) is 0 Å². The number of aromatic nitrogens is 4. The van der Waals surface area contributed by atoms with E-state index in [0.29, 0.717) is 29.4 Å². The van der Waals surface area contributed by atoms with Crippen LogP contribution < -0.4 is 5.32 Å². The standard InChI is InChI=1S/C34H33F3N6/c35-34(36,37)28-8-4-7-27(21-28)32-29(30-11-17-39-33(42-30)40-23-25-5-2-1-3-6-25)22-31(41-32)26-13-19-43(20-14-26)18-12-24-9-15-38-16-10-24/h1-11,15-17,21-22,26,41H,12-14,18-20,23H2,(H,39,40,42). The van der Waals surface area contributed by atoms with Crippen molar-refractivity contribution >= 4 is 5.95 Å². The molecule has 0 unspecified atom stereocenters. The lowest BCUT2D eigenvalue weighted by Crippen LogP contribution is -2.34.